The summed E-state index contributed by atoms with van der Waals surface area (Å²) in [6.45, 7) is 11.0. The maximum atomic E-state index is 8.74. The molecule has 0 fully saturated rings. The molecule has 0 saturated carbocycles. The Morgan fingerprint density at radius 3 is 0.553 bits per heavy atom. The van der Waals surface area contributed by atoms with Crippen LogP contribution >= 0.6 is 0 Å². The molecular formula is C26H63NaO9S2. The van der Waals surface area contributed by atoms with Crippen LogP contribution in [-0.2, 0) is 20.8 Å². The van der Waals surface area contributed by atoms with Gasteiger partial charge in [-0.25, -0.2) is 0 Å². The van der Waals surface area contributed by atoms with E-state index < -0.39 is 20.8 Å². The molecule has 0 aromatic rings. The molecule has 0 aromatic heterocycles. The first-order valence-electron chi connectivity index (χ1n) is 14.2. The molecule has 0 saturated heterocycles. The van der Waals surface area contributed by atoms with E-state index in [1.807, 2.05) is 0 Å². The molecule has 0 spiro atoms. The molecule has 0 heterocycles. The zero-order valence-corrected chi connectivity index (χ0v) is 29.2. The summed E-state index contributed by atoms with van der Waals surface area (Å²) in [5.41, 5.74) is 0. The van der Waals surface area contributed by atoms with Crippen molar-refractivity contribution in [2.45, 2.75) is 163 Å². The van der Waals surface area contributed by atoms with E-state index in [9.17, 15) is 0 Å². The van der Waals surface area contributed by atoms with Crippen LogP contribution in [0.15, 0.2) is 0 Å². The fourth-order valence-corrected chi connectivity index (χ4v) is 3.12. The molecule has 0 aromatic carbocycles. The van der Waals surface area contributed by atoms with Crippen LogP contribution in [0.4, 0.5) is 0 Å². The maximum Gasteiger partial charge on any atom is 1.00 e. The number of unbranched alkanes of at least 4 members (excludes halogenated alkanes) is 18. The van der Waals surface area contributed by atoms with Crippen LogP contribution in [-0.4, -0.2) is 46.8 Å². The van der Waals surface area contributed by atoms with Crippen molar-refractivity contribution < 1.29 is 71.1 Å². The van der Waals surface area contributed by atoms with Crippen LogP contribution < -0.4 is 29.6 Å². The molecule has 0 radical (unpaired) electrons. The van der Waals surface area contributed by atoms with Crippen molar-refractivity contribution in [3.05, 3.63) is 0 Å². The predicted molar refractivity (Wildman–Crippen MR) is 157 cm³/mol. The van der Waals surface area contributed by atoms with Crippen LogP contribution in [0.5, 0.6) is 0 Å². The van der Waals surface area contributed by atoms with E-state index in [0.29, 0.717) is 0 Å². The minimum atomic E-state index is -4.67. The molecule has 0 aliphatic rings. The summed E-state index contributed by atoms with van der Waals surface area (Å²) < 4.78 is 63.2. The summed E-state index contributed by atoms with van der Waals surface area (Å²) in [6.07, 6.45) is 28.9. The Balaban J connectivity index is -0.0000000708. The largest absolute Gasteiger partial charge is 1.00 e. The Hall–Kier alpha value is 0.700. The van der Waals surface area contributed by atoms with E-state index >= 15 is 0 Å². The minimum absolute atomic E-state index is 0. The molecule has 0 bridgehead atoms. The van der Waals surface area contributed by atoms with Gasteiger partial charge in [0.25, 0.3) is 0 Å². The van der Waals surface area contributed by atoms with Gasteiger partial charge in [-0.1, -0.05) is 156 Å². The van der Waals surface area contributed by atoms with Gasteiger partial charge in [0.15, 0.2) is 0 Å². The minimum Gasteiger partial charge on any atom is -1.00 e. The first kappa shape index (κ1) is 51.4. The van der Waals surface area contributed by atoms with Crippen molar-refractivity contribution in [2.75, 3.05) is 6.61 Å². The summed E-state index contributed by atoms with van der Waals surface area (Å²) >= 11 is 0. The fourth-order valence-electron chi connectivity index (χ4n) is 3.12. The topological polar surface area (TPSA) is 169 Å². The van der Waals surface area contributed by atoms with E-state index in [0.717, 1.165) is 0 Å². The average molecular weight is 607 g/mol. The van der Waals surface area contributed by atoms with Gasteiger partial charge in [0.1, 0.15) is 0 Å². The molecule has 0 rings (SSSR count). The third-order valence-electron chi connectivity index (χ3n) is 4.91. The van der Waals surface area contributed by atoms with Crippen LogP contribution in [0.25, 0.3) is 0 Å². The summed E-state index contributed by atoms with van der Waals surface area (Å²) in [4.78, 5) is 0. The Labute approximate surface area is 260 Å². The van der Waals surface area contributed by atoms with E-state index in [4.69, 9.17) is 40.2 Å². The quantitative estimate of drug-likeness (QED) is 0.0750. The van der Waals surface area contributed by atoms with Crippen molar-refractivity contribution in [2.24, 2.45) is 0 Å². The van der Waals surface area contributed by atoms with Crippen LogP contribution in [0.1, 0.15) is 164 Å². The van der Waals surface area contributed by atoms with Gasteiger partial charge in [0.05, 0.1) is 0 Å². The smallest absolute Gasteiger partial charge is 1.00 e. The maximum absolute atomic E-state index is 8.74. The number of aliphatic hydroxyl groups excluding tert-OH is 1. The molecule has 12 heteroatoms. The van der Waals surface area contributed by atoms with Crippen molar-refractivity contribution in [3.8, 4) is 0 Å². The van der Waals surface area contributed by atoms with Crippen LogP contribution in [0.2, 0.25) is 0 Å². The average Bonchev–Trinajstić information content (AvgIpc) is 2.76. The molecule has 0 atom stereocenters. The van der Waals surface area contributed by atoms with E-state index in [1.165, 1.54) is 128 Å². The van der Waals surface area contributed by atoms with Gasteiger partial charge in [-0.15, -0.1) is 0 Å². The zero-order chi connectivity index (χ0) is 29.8. The Morgan fingerprint density at radius 1 is 0.395 bits per heavy atom. The van der Waals surface area contributed by atoms with Gasteiger partial charge in [-0.2, -0.15) is 16.8 Å². The van der Waals surface area contributed by atoms with Gasteiger partial charge in [-0.05, 0) is 6.92 Å². The molecule has 234 valence electrons. The molecule has 0 aliphatic heterocycles. The zero-order valence-electron chi connectivity index (χ0n) is 26.5. The first-order valence-corrected chi connectivity index (χ1v) is 17.0. The molecule has 0 unspecified atom stereocenters. The third-order valence-corrected chi connectivity index (χ3v) is 4.91. The molecule has 0 aliphatic carbocycles. The number of rotatable bonds is 18. The number of hydrogen-bond acceptors (Lipinski definition) is 5. The van der Waals surface area contributed by atoms with Crippen LogP contribution in [0.3, 0.4) is 0 Å². The number of aliphatic hydroxyl groups is 1. The third kappa shape index (κ3) is 134. The van der Waals surface area contributed by atoms with Crippen LogP contribution in [0, 0.1) is 0 Å². The summed E-state index contributed by atoms with van der Waals surface area (Å²) in [5.74, 6) is 0. The van der Waals surface area contributed by atoms with Gasteiger partial charge in [0, 0.05) is 6.61 Å². The first-order chi connectivity index (χ1) is 17.2. The molecule has 0 amide bonds. The summed E-state index contributed by atoms with van der Waals surface area (Å²) in [6, 6.07) is 0. The van der Waals surface area contributed by atoms with Crippen molar-refractivity contribution >= 4 is 20.8 Å². The van der Waals surface area contributed by atoms with Gasteiger partial charge < -0.3 is 6.53 Å². The Bertz CT molecular complexity index is 494. The monoisotopic (exact) mass is 606 g/mol. The molecule has 9 nitrogen and oxygen atoms in total. The summed E-state index contributed by atoms with van der Waals surface area (Å²) in [7, 11) is -9.33. The normalized spacial score (nSPS) is 10.2. The van der Waals surface area contributed by atoms with Gasteiger partial charge in [-0.3, -0.25) is 18.2 Å². The van der Waals surface area contributed by atoms with Crippen molar-refractivity contribution in [1.29, 1.82) is 0 Å². The second-order valence-electron chi connectivity index (χ2n) is 8.87. The van der Waals surface area contributed by atoms with E-state index in [2.05, 4.69) is 27.7 Å². The fraction of sp³-hybridized carbons (Fsp3) is 1.00. The Kier molecular flexibility index (Phi) is 60.5. The van der Waals surface area contributed by atoms with Crippen molar-refractivity contribution in [3.63, 3.8) is 0 Å². The second-order valence-corrected chi connectivity index (χ2v) is 10.7. The second kappa shape index (κ2) is 44.7. The SMILES string of the molecule is CCCCCCCCCCCC.CCCCCCCCCCCC.CCO.O=S(=O)(O)O.O=S(=O)(O)O.[H-].[Na+]. The molecular weight excluding hydrogens is 543 g/mol. The van der Waals surface area contributed by atoms with Crippen molar-refractivity contribution in [1.82, 2.24) is 0 Å². The predicted octanol–water partition coefficient (Wildman–Crippen LogP) is 5.66. The van der Waals surface area contributed by atoms with E-state index in [1.54, 1.807) is 6.92 Å². The molecule has 5 N–H and O–H groups in total. The van der Waals surface area contributed by atoms with E-state index in [-0.39, 0.29) is 37.6 Å². The number of hydrogen-bond donors (Lipinski definition) is 5. The van der Waals surface area contributed by atoms with Gasteiger partial charge >= 0.3 is 50.4 Å². The Morgan fingerprint density at radius 2 is 0.474 bits per heavy atom. The standard InChI is InChI=1S/2C12H26.C2H6O.Na.2H2O4S.H/c2*1-3-5-7-9-11-12-10-8-6-4-2;1-2-3;;2*1-5(2,3)4;/h2*3-12H2,1-2H3;3H,2H2,1H3;;2*(H2,1,2,3,4);/q;;;+1;;;-1. The van der Waals surface area contributed by atoms with Gasteiger partial charge in [0.2, 0.25) is 0 Å². The summed E-state index contributed by atoms with van der Waals surface area (Å²) in [5, 5.41) is 7.57. The molecule has 38 heavy (non-hydrogen) atoms.